The number of para-hydroxylation sites is 1. The first-order valence-corrected chi connectivity index (χ1v) is 13.4. The number of carbonyl (C=O) groups excluding carboxylic acids is 1. The maximum atomic E-state index is 12.3. The van der Waals surface area contributed by atoms with E-state index in [1.54, 1.807) is 6.20 Å². The summed E-state index contributed by atoms with van der Waals surface area (Å²) in [6, 6.07) is 23.8. The van der Waals surface area contributed by atoms with E-state index in [-0.39, 0.29) is 23.9 Å². The van der Waals surface area contributed by atoms with Crippen molar-refractivity contribution in [2.24, 2.45) is 5.92 Å². The minimum Gasteiger partial charge on any atom is -0.351 e. The number of hydrogen-bond donors (Lipinski definition) is 2. The zero-order valence-corrected chi connectivity index (χ0v) is 23.3. The molecule has 0 saturated carbocycles. The molecule has 2 atom stereocenters. The molecule has 2 aromatic heterocycles. The number of amides is 1. The van der Waals surface area contributed by atoms with Gasteiger partial charge in [0.15, 0.2) is 5.11 Å². The average Bonchev–Trinajstić information content (AvgIpc) is 3.41. The first-order chi connectivity index (χ1) is 18.3. The molecule has 0 radical (unpaired) electrons. The average molecular weight is 544 g/mol. The maximum Gasteiger partial charge on any atom is 0.226 e. The molecule has 0 spiro atoms. The first kappa shape index (κ1) is 25.9. The predicted octanol–water partition coefficient (Wildman–Crippen LogP) is 6.91. The molecule has 0 bridgehead atoms. The van der Waals surface area contributed by atoms with Crippen LogP contribution in [0.25, 0.3) is 5.69 Å². The van der Waals surface area contributed by atoms with Crippen LogP contribution >= 0.6 is 23.8 Å². The predicted molar refractivity (Wildman–Crippen MR) is 158 cm³/mol. The molecule has 1 aliphatic heterocycles. The molecule has 5 rings (SSSR count). The molecule has 3 heterocycles. The summed E-state index contributed by atoms with van der Waals surface area (Å²) in [5, 5.41) is 7.46. The van der Waals surface area contributed by atoms with E-state index in [2.05, 4.69) is 57.1 Å². The van der Waals surface area contributed by atoms with Gasteiger partial charge in [-0.2, -0.15) is 0 Å². The molecule has 6 nitrogen and oxygen atoms in total. The highest BCUT2D eigenvalue weighted by molar-refractivity contribution is 7.80. The van der Waals surface area contributed by atoms with Gasteiger partial charge < -0.3 is 20.1 Å². The second-order valence-corrected chi connectivity index (χ2v) is 10.6. The second kappa shape index (κ2) is 10.6. The molecule has 1 saturated heterocycles. The van der Waals surface area contributed by atoms with E-state index in [0.29, 0.717) is 15.8 Å². The Morgan fingerprint density at radius 3 is 2.42 bits per heavy atom. The van der Waals surface area contributed by atoms with Crippen LogP contribution in [0.2, 0.25) is 5.02 Å². The van der Waals surface area contributed by atoms with Gasteiger partial charge in [0.25, 0.3) is 0 Å². The molecule has 2 N–H and O–H groups in total. The van der Waals surface area contributed by atoms with Gasteiger partial charge in [-0.3, -0.25) is 9.78 Å². The lowest BCUT2D eigenvalue weighted by Gasteiger charge is -2.28. The van der Waals surface area contributed by atoms with E-state index in [9.17, 15) is 4.79 Å². The number of halogens is 1. The standard InChI is InChI=1S/C30H30ClN5OS/c1-18(2)29(37)33-25-14-13-22(17-24(25)31)36-28(27(34-30(36)38)26-12-8-9-15-32-26)23-16-19(3)35(20(23)4)21-10-6-5-7-11-21/h5-18,27-28H,1-4H3,(H,33,37)(H,34,38)/t27-,28+/m1/s1. The fourth-order valence-electron chi connectivity index (χ4n) is 5.04. The fraction of sp³-hybridized carbons (Fsp3) is 0.233. The van der Waals surface area contributed by atoms with Gasteiger partial charge in [-0.1, -0.05) is 49.7 Å². The third-order valence-corrected chi connectivity index (χ3v) is 7.54. The highest BCUT2D eigenvalue weighted by Crippen LogP contribution is 2.44. The Balaban J connectivity index is 1.61. The number of pyridine rings is 1. The van der Waals surface area contributed by atoms with Gasteiger partial charge >= 0.3 is 0 Å². The smallest absolute Gasteiger partial charge is 0.226 e. The van der Waals surface area contributed by atoms with Crippen molar-refractivity contribution < 1.29 is 4.79 Å². The first-order valence-electron chi connectivity index (χ1n) is 12.6. The third-order valence-electron chi connectivity index (χ3n) is 6.91. The minimum absolute atomic E-state index is 0.0838. The van der Waals surface area contributed by atoms with Gasteiger partial charge in [0.1, 0.15) is 0 Å². The SMILES string of the molecule is Cc1cc([C@H]2[C@@H](c3ccccn3)NC(=S)N2c2ccc(NC(=O)C(C)C)c(Cl)c2)c(C)n1-c1ccccc1. The van der Waals surface area contributed by atoms with Crippen molar-refractivity contribution >= 4 is 46.2 Å². The van der Waals surface area contributed by atoms with Crippen LogP contribution in [-0.2, 0) is 4.79 Å². The largest absolute Gasteiger partial charge is 0.351 e. The van der Waals surface area contributed by atoms with Crippen LogP contribution < -0.4 is 15.5 Å². The second-order valence-electron chi connectivity index (χ2n) is 9.80. The van der Waals surface area contributed by atoms with Crippen molar-refractivity contribution in [3.8, 4) is 5.69 Å². The van der Waals surface area contributed by atoms with Crippen molar-refractivity contribution in [2.45, 2.75) is 39.8 Å². The molecule has 2 aromatic carbocycles. The Morgan fingerprint density at radius 1 is 1.03 bits per heavy atom. The van der Waals surface area contributed by atoms with Crippen LogP contribution in [0.5, 0.6) is 0 Å². The number of aromatic nitrogens is 2. The van der Waals surface area contributed by atoms with Crippen LogP contribution in [0.15, 0.2) is 79.0 Å². The number of anilines is 2. The van der Waals surface area contributed by atoms with Crippen LogP contribution in [0.1, 0.15) is 48.6 Å². The molecular formula is C30H30ClN5OS. The lowest BCUT2D eigenvalue weighted by Crippen LogP contribution is -2.29. The van der Waals surface area contributed by atoms with E-state index in [4.69, 9.17) is 23.8 Å². The number of aryl methyl sites for hydroxylation is 1. The summed E-state index contributed by atoms with van der Waals surface area (Å²) in [6.45, 7) is 7.95. The normalized spacial score (nSPS) is 17.1. The number of carbonyl (C=O) groups is 1. The van der Waals surface area contributed by atoms with Gasteiger partial charge in [0.05, 0.1) is 28.5 Å². The molecule has 1 fully saturated rings. The number of nitrogens with zero attached hydrogens (tertiary/aromatic N) is 3. The summed E-state index contributed by atoms with van der Waals surface area (Å²) in [6.07, 6.45) is 1.80. The van der Waals surface area contributed by atoms with Crippen molar-refractivity contribution in [3.05, 3.63) is 107 Å². The zero-order valence-electron chi connectivity index (χ0n) is 21.8. The molecule has 1 aliphatic rings. The Morgan fingerprint density at radius 2 is 1.76 bits per heavy atom. The topological polar surface area (TPSA) is 62.2 Å². The van der Waals surface area contributed by atoms with Gasteiger partial charge in [-0.25, -0.2) is 0 Å². The number of benzene rings is 2. The van der Waals surface area contributed by atoms with E-state index >= 15 is 0 Å². The summed E-state index contributed by atoms with van der Waals surface area (Å²) in [5.74, 6) is -0.232. The van der Waals surface area contributed by atoms with Crippen molar-refractivity contribution in [2.75, 3.05) is 10.2 Å². The van der Waals surface area contributed by atoms with E-state index < -0.39 is 0 Å². The molecule has 1 amide bonds. The minimum atomic E-state index is -0.174. The summed E-state index contributed by atoms with van der Waals surface area (Å²) in [5.41, 5.74) is 6.82. The van der Waals surface area contributed by atoms with Crippen LogP contribution in [-0.4, -0.2) is 20.6 Å². The van der Waals surface area contributed by atoms with Gasteiger partial charge in [0.2, 0.25) is 5.91 Å². The van der Waals surface area contributed by atoms with Crippen molar-refractivity contribution in [1.29, 1.82) is 0 Å². The molecule has 194 valence electrons. The van der Waals surface area contributed by atoms with Crippen molar-refractivity contribution in [1.82, 2.24) is 14.9 Å². The number of rotatable bonds is 6. The number of nitrogens with one attached hydrogen (secondary N) is 2. The molecule has 0 aliphatic carbocycles. The van der Waals surface area contributed by atoms with Crippen LogP contribution in [0, 0.1) is 19.8 Å². The Hall–Kier alpha value is -3.68. The van der Waals surface area contributed by atoms with E-state index in [0.717, 1.165) is 34.0 Å². The number of hydrogen-bond acceptors (Lipinski definition) is 3. The lowest BCUT2D eigenvalue weighted by atomic mass is 9.96. The summed E-state index contributed by atoms with van der Waals surface area (Å²) < 4.78 is 2.27. The molecule has 4 aromatic rings. The fourth-order valence-corrected chi connectivity index (χ4v) is 5.61. The van der Waals surface area contributed by atoms with Crippen LogP contribution in [0.3, 0.4) is 0 Å². The monoisotopic (exact) mass is 543 g/mol. The summed E-state index contributed by atoms with van der Waals surface area (Å²) >= 11 is 12.6. The lowest BCUT2D eigenvalue weighted by molar-refractivity contribution is -0.118. The van der Waals surface area contributed by atoms with E-state index in [1.807, 2.05) is 68.4 Å². The summed E-state index contributed by atoms with van der Waals surface area (Å²) in [4.78, 5) is 19.0. The molecule has 38 heavy (non-hydrogen) atoms. The van der Waals surface area contributed by atoms with Crippen LogP contribution in [0.4, 0.5) is 11.4 Å². The van der Waals surface area contributed by atoms with Gasteiger partial charge in [-0.15, -0.1) is 0 Å². The molecule has 0 unspecified atom stereocenters. The third kappa shape index (κ3) is 4.79. The van der Waals surface area contributed by atoms with Gasteiger partial charge in [-0.05, 0) is 80.2 Å². The Bertz CT molecular complexity index is 1490. The van der Waals surface area contributed by atoms with Crippen molar-refractivity contribution in [3.63, 3.8) is 0 Å². The Labute approximate surface area is 233 Å². The molecular weight excluding hydrogens is 514 g/mol. The summed E-state index contributed by atoms with van der Waals surface area (Å²) in [7, 11) is 0. The highest BCUT2D eigenvalue weighted by atomic mass is 35.5. The van der Waals surface area contributed by atoms with E-state index in [1.165, 1.54) is 0 Å². The molecule has 8 heteroatoms. The zero-order chi connectivity index (χ0) is 27.0. The maximum absolute atomic E-state index is 12.3. The van der Waals surface area contributed by atoms with Gasteiger partial charge in [0, 0.05) is 34.9 Å². The quantitative estimate of drug-likeness (QED) is 0.259. The Kier molecular flexibility index (Phi) is 7.23. The number of thiocarbonyl (C=S) groups is 1. The highest BCUT2D eigenvalue weighted by Gasteiger charge is 2.42.